The van der Waals surface area contributed by atoms with Gasteiger partial charge in [-0.25, -0.2) is 0 Å². The molecule has 0 radical (unpaired) electrons. The maximum atomic E-state index is 9.17. The summed E-state index contributed by atoms with van der Waals surface area (Å²) in [6.07, 6.45) is 7.04. The molecule has 1 aromatic carbocycles. The van der Waals surface area contributed by atoms with E-state index in [2.05, 4.69) is 25.1 Å². The molecule has 1 unspecified atom stereocenters. The van der Waals surface area contributed by atoms with E-state index in [1.54, 1.807) is 7.11 Å². The van der Waals surface area contributed by atoms with E-state index in [1.807, 2.05) is 12.1 Å². The highest BCUT2D eigenvalue weighted by molar-refractivity contribution is 5.31. The van der Waals surface area contributed by atoms with E-state index >= 15 is 0 Å². The molecule has 0 amide bonds. The van der Waals surface area contributed by atoms with Crippen LogP contribution in [-0.4, -0.2) is 7.11 Å². The van der Waals surface area contributed by atoms with Crippen molar-refractivity contribution < 1.29 is 4.74 Å². The monoisotopic (exact) mass is 257 g/mol. The van der Waals surface area contributed by atoms with E-state index in [-0.39, 0.29) is 5.41 Å². The minimum absolute atomic E-state index is 0.280. The van der Waals surface area contributed by atoms with Crippen LogP contribution in [0.2, 0.25) is 0 Å². The second-order valence-electron chi connectivity index (χ2n) is 5.90. The molecule has 0 aromatic heterocycles. The Morgan fingerprint density at radius 2 is 1.84 bits per heavy atom. The summed E-state index contributed by atoms with van der Waals surface area (Å²) in [5, 5.41) is 9.17. The van der Waals surface area contributed by atoms with Crippen molar-refractivity contribution in [3.63, 3.8) is 0 Å². The third-order valence-electron chi connectivity index (χ3n) is 4.65. The third-order valence-corrected chi connectivity index (χ3v) is 4.65. The van der Waals surface area contributed by atoms with E-state index in [1.165, 1.54) is 37.7 Å². The average molecular weight is 257 g/mol. The van der Waals surface area contributed by atoms with E-state index in [4.69, 9.17) is 10.00 Å². The molecule has 0 N–H and O–H groups in total. The highest BCUT2D eigenvalue weighted by atomic mass is 16.5. The first-order valence-electron chi connectivity index (χ1n) is 7.20. The number of hydrogen-bond donors (Lipinski definition) is 0. The highest BCUT2D eigenvalue weighted by Gasteiger charge is 2.36. The molecule has 0 saturated heterocycles. The molecule has 0 spiro atoms. The Hall–Kier alpha value is -1.49. The van der Waals surface area contributed by atoms with Crippen LogP contribution in [-0.2, 0) is 0 Å². The molecule has 2 rings (SSSR count). The van der Waals surface area contributed by atoms with Gasteiger partial charge < -0.3 is 4.74 Å². The van der Waals surface area contributed by atoms with Crippen LogP contribution in [0.25, 0.3) is 0 Å². The lowest BCUT2D eigenvalue weighted by molar-refractivity contribution is 0.169. The molecule has 1 aromatic rings. The second kappa shape index (κ2) is 6.10. The van der Waals surface area contributed by atoms with Crippen LogP contribution in [0.1, 0.15) is 56.9 Å². The summed E-state index contributed by atoms with van der Waals surface area (Å²) in [6.45, 7) is 2.36. The summed E-state index contributed by atoms with van der Waals surface area (Å²) in [4.78, 5) is 0. The van der Waals surface area contributed by atoms with E-state index in [0.29, 0.717) is 12.3 Å². The van der Waals surface area contributed by atoms with Crippen LogP contribution >= 0.6 is 0 Å². The van der Waals surface area contributed by atoms with Crippen molar-refractivity contribution in [3.8, 4) is 11.8 Å². The lowest BCUT2D eigenvalue weighted by Gasteiger charge is -2.40. The van der Waals surface area contributed by atoms with Gasteiger partial charge in [0.05, 0.1) is 13.2 Å². The number of rotatable bonds is 4. The maximum absolute atomic E-state index is 9.17. The Morgan fingerprint density at radius 3 is 2.37 bits per heavy atom. The van der Waals surface area contributed by atoms with Crippen molar-refractivity contribution in [2.45, 2.75) is 51.4 Å². The van der Waals surface area contributed by atoms with Gasteiger partial charge in [0, 0.05) is 12.3 Å². The Balaban J connectivity index is 2.25. The van der Waals surface area contributed by atoms with Gasteiger partial charge in [0.15, 0.2) is 0 Å². The van der Waals surface area contributed by atoms with Gasteiger partial charge in [0.2, 0.25) is 0 Å². The fourth-order valence-corrected chi connectivity index (χ4v) is 3.40. The number of ether oxygens (including phenoxy) is 1. The number of nitriles is 1. The Labute approximate surface area is 116 Å². The van der Waals surface area contributed by atoms with E-state index in [0.717, 1.165) is 5.75 Å². The number of methoxy groups -OCH3 is 1. The fourth-order valence-electron chi connectivity index (χ4n) is 3.40. The van der Waals surface area contributed by atoms with Gasteiger partial charge in [-0.3, -0.25) is 0 Å². The molecule has 1 fully saturated rings. The molecule has 0 aliphatic heterocycles. The molecular formula is C17H23NO. The topological polar surface area (TPSA) is 33.0 Å². The van der Waals surface area contributed by atoms with Gasteiger partial charge in [0.1, 0.15) is 5.75 Å². The minimum Gasteiger partial charge on any atom is -0.497 e. The molecule has 102 valence electrons. The normalized spacial score (nSPS) is 19.4. The van der Waals surface area contributed by atoms with Gasteiger partial charge in [0.25, 0.3) is 0 Å². The molecule has 1 aliphatic carbocycles. The second-order valence-corrected chi connectivity index (χ2v) is 5.90. The minimum atomic E-state index is 0.280. The van der Waals surface area contributed by atoms with Crippen molar-refractivity contribution in [1.82, 2.24) is 0 Å². The molecule has 2 heteroatoms. The van der Waals surface area contributed by atoms with Gasteiger partial charge in [-0.2, -0.15) is 5.26 Å². The fraction of sp³-hybridized carbons (Fsp3) is 0.588. The Bertz CT molecular complexity index is 437. The van der Waals surface area contributed by atoms with Crippen molar-refractivity contribution >= 4 is 0 Å². The average Bonchev–Trinajstić information content (AvgIpc) is 2.45. The zero-order chi connectivity index (χ0) is 13.7. The zero-order valence-electron chi connectivity index (χ0n) is 12.0. The first-order valence-corrected chi connectivity index (χ1v) is 7.20. The maximum Gasteiger partial charge on any atom is 0.118 e. The number of benzene rings is 1. The van der Waals surface area contributed by atoms with E-state index < -0.39 is 0 Å². The summed E-state index contributed by atoms with van der Waals surface area (Å²) in [7, 11) is 1.68. The van der Waals surface area contributed by atoms with Gasteiger partial charge >= 0.3 is 0 Å². The van der Waals surface area contributed by atoms with Gasteiger partial charge in [-0.15, -0.1) is 0 Å². The zero-order valence-corrected chi connectivity index (χ0v) is 12.0. The largest absolute Gasteiger partial charge is 0.497 e. The first kappa shape index (κ1) is 13.9. The summed E-state index contributed by atoms with van der Waals surface area (Å²) < 4.78 is 5.21. The van der Waals surface area contributed by atoms with Gasteiger partial charge in [-0.1, -0.05) is 38.3 Å². The van der Waals surface area contributed by atoms with Crippen LogP contribution in [0.4, 0.5) is 0 Å². The van der Waals surface area contributed by atoms with E-state index in [9.17, 15) is 0 Å². The van der Waals surface area contributed by atoms with Crippen molar-refractivity contribution in [2.24, 2.45) is 5.41 Å². The quantitative estimate of drug-likeness (QED) is 0.785. The standard InChI is InChI=1S/C17H23NO/c1-17(11-4-3-5-12-17)16(10-13-18)14-6-8-15(19-2)9-7-14/h6-9,16H,3-5,10-12H2,1-2H3. The SMILES string of the molecule is COc1ccc(C(CC#N)C2(C)CCCCC2)cc1. The summed E-state index contributed by atoms with van der Waals surface area (Å²) >= 11 is 0. The predicted molar refractivity (Wildman–Crippen MR) is 77.2 cm³/mol. The lowest BCUT2D eigenvalue weighted by Crippen LogP contribution is -2.28. The van der Waals surface area contributed by atoms with Crippen molar-refractivity contribution in [2.75, 3.05) is 7.11 Å². The summed E-state index contributed by atoms with van der Waals surface area (Å²) in [5.41, 5.74) is 1.56. The van der Waals surface area contributed by atoms with Crippen molar-refractivity contribution in [3.05, 3.63) is 29.8 Å². The summed E-state index contributed by atoms with van der Waals surface area (Å²) in [6, 6.07) is 10.6. The van der Waals surface area contributed by atoms with Crippen LogP contribution < -0.4 is 4.74 Å². The number of hydrogen-bond acceptors (Lipinski definition) is 2. The molecule has 2 nitrogen and oxygen atoms in total. The predicted octanol–water partition coefficient (Wildman–Crippen LogP) is 4.66. The van der Waals surface area contributed by atoms with Gasteiger partial charge in [-0.05, 0) is 36.0 Å². The Morgan fingerprint density at radius 1 is 1.21 bits per heavy atom. The van der Waals surface area contributed by atoms with Crippen LogP contribution in [0, 0.1) is 16.7 Å². The first-order chi connectivity index (χ1) is 9.19. The molecule has 0 bridgehead atoms. The van der Waals surface area contributed by atoms with Crippen LogP contribution in [0.15, 0.2) is 24.3 Å². The summed E-state index contributed by atoms with van der Waals surface area (Å²) in [5.74, 6) is 1.23. The molecule has 19 heavy (non-hydrogen) atoms. The molecule has 1 atom stereocenters. The highest BCUT2D eigenvalue weighted by Crippen LogP contribution is 2.48. The Kier molecular flexibility index (Phi) is 4.47. The smallest absolute Gasteiger partial charge is 0.118 e. The molecule has 0 heterocycles. The molecule has 1 aliphatic rings. The molecular weight excluding hydrogens is 234 g/mol. The lowest BCUT2D eigenvalue weighted by atomic mass is 9.64. The number of nitrogens with zero attached hydrogens (tertiary/aromatic N) is 1. The van der Waals surface area contributed by atoms with Crippen LogP contribution in [0.3, 0.4) is 0 Å². The van der Waals surface area contributed by atoms with Crippen LogP contribution in [0.5, 0.6) is 5.75 Å². The van der Waals surface area contributed by atoms with Crippen molar-refractivity contribution in [1.29, 1.82) is 5.26 Å². The molecule has 1 saturated carbocycles. The third kappa shape index (κ3) is 3.10.